The van der Waals surface area contributed by atoms with Gasteiger partial charge in [-0.25, -0.2) is 28.6 Å². The molecule has 4 aromatic carbocycles. The van der Waals surface area contributed by atoms with Crippen molar-refractivity contribution in [3.05, 3.63) is 139 Å². The molecule has 2 saturated carbocycles. The second-order valence-corrected chi connectivity index (χ2v) is 37.9. The van der Waals surface area contributed by atoms with E-state index >= 15 is 0 Å². The normalized spacial score (nSPS) is 17.7. The minimum Gasteiger partial charge on any atom is -0.391 e. The van der Waals surface area contributed by atoms with E-state index in [9.17, 15) is 77.1 Å². The molecule has 27 nitrogen and oxygen atoms in total. The molecule has 2 aliphatic carbocycles. The van der Waals surface area contributed by atoms with Crippen LogP contribution in [0.4, 0.5) is 24.5 Å². The van der Waals surface area contributed by atoms with Crippen LogP contribution in [-0.2, 0) is 43.2 Å². The molecule has 12 N–H and O–H groups in total. The molecule has 6 aromatic rings. The minimum atomic E-state index is -1.32. The third-order valence-electron chi connectivity index (χ3n) is 23.0. The van der Waals surface area contributed by atoms with Gasteiger partial charge in [-0.3, -0.25) is 48.0 Å². The van der Waals surface area contributed by atoms with E-state index in [-0.39, 0.29) is 68.4 Å². The number of unbranched alkanes of at least 4 members (excludes halogenated alkanes) is 14. The number of hydroxylamine groups is 1. The molecule has 33 heteroatoms. The number of likely N-dealkylation sites (tertiary alicyclic amines) is 2. The number of hydrogen-bond donors (Lipinski definition) is 11. The number of thiazole rings is 2. The van der Waals surface area contributed by atoms with Gasteiger partial charge in [-0.2, -0.15) is 10.5 Å². The van der Waals surface area contributed by atoms with Crippen LogP contribution >= 0.6 is 45.3 Å². The van der Waals surface area contributed by atoms with Crippen molar-refractivity contribution >= 4 is 110 Å². The predicted octanol–water partition coefficient (Wildman–Crippen LogP) is 13.5. The van der Waals surface area contributed by atoms with E-state index in [2.05, 4.69) is 64.8 Å². The zero-order valence-corrected chi connectivity index (χ0v) is 75.8. The van der Waals surface area contributed by atoms with Crippen molar-refractivity contribution in [2.45, 2.75) is 258 Å². The molecule has 124 heavy (non-hydrogen) atoms. The second kappa shape index (κ2) is 46.1. The van der Waals surface area contributed by atoms with Crippen LogP contribution in [0.25, 0.3) is 20.9 Å². The fraction of sp³-hybridized carbons (Fsp3) is 0.549. The third-order valence-corrected chi connectivity index (χ3v) is 25.6. The van der Waals surface area contributed by atoms with Crippen LogP contribution in [0, 0.1) is 79.2 Å². The zero-order chi connectivity index (χ0) is 90.1. The third kappa shape index (κ3) is 27.8. The molecule has 2 saturated heterocycles. The SMILES string of the molecule is Cc1ncsc1-c1ccc([C@H](CC(=O)NCCCCCCCCCCCCONC(=O)c2ccc(F)c(F)c2Nc2ccc(I)cc2F)NC(=O)[C@@H]2C[C@@H](O)CN2C(=O)[C@@H](NC(=O)C2(C#N)CC2)C(C)(C)C)cc1.Cc1ncsc1-c1ccc([C@H](CC(=O)NCCCCCCCCN)NC(=O)[C@@H]2C[C@@H](O)CN2C(=O)[C@@H](NC(=O)C2(C#N)CC2)C(C)(C)C)cc1. The number of aryl methyl sites for hydroxylation is 2. The van der Waals surface area contributed by atoms with Crippen LogP contribution < -0.4 is 48.4 Å². The van der Waals surface area contributed by atoms with E-state index < -0.39 is 135 Å². The smallest absolute Gasteiger partial charge is 0.277 e. The Bertz CT molecular complexity index is 4750. The summed E-state index contributed by atoms with van der Waals surface area (Å²) in [4.78, 5) is 141. The van der Waals surface area contributed by atoms with E-state index in [1.54, 1.807) is 58.6 Å². The lowest BCUT2D eigenvalue weighted by Crippen LogP contribution is -2.58. The first kappa shape index (κ1) is 98.3. The average Bonchev–Trinajstić information content (AvgIpc) is 1.61. The van der Waals surface area contributed by atoms with Gasteiger partial charge < -0.3 is 63.0 Å². The van der Waals surface area contributed by atoms with Crippen LogP contribution in [0.1, 0.15) is 241 Å². The molecule has 2 aromatic heterocycles. The van der Waals surface area contributed by atoms with Gasteiger partial charge in [-0.1, -0.05) is 167 Å². The van der Waals surface area contributed by atoms with Crippen LogP contribution in [0.2, 0.25) is 0 Å². The molecule has 0 bridgehead atoms. The number of rotatable bonds is 43. The highest BCUT2D eigenvalue weighted by Crippen LogP contribution is 2.47. The number of carbonyl (C=O) groups excluding carboxylic acids is 9. The van der Waals surface area contributed by atoms with Crippen molar-refractivity contribution in [3.63, 3.8) is 0 Å². The number of anilines is 2. The quantitative estimate of drug-likeness (QED) is 0.00962. The largest absolute Gasteiger partial charge is 0.391 e. The van der Waals surface area contributed by atoms with Crippen molar-refractivity contribution in [2.24, 2.45) is 27.4 Å². The summed E-state index contributed by atoms with van der Waals surface area (Å²) in [6.45, 7) is 16.4. The number of halogens is 4. The van der Waals surface area contributed by atoms with Gasteiger partial charge in [-0.05, 0) is 158 Å². The summed E-state index contributed by atoms with van der Waals surface area (Å²) < 4.78 is 43.8. The van der Waals surface area contributed by atoms with Gasteiger partial charge in [0.25, 0.3) is 5.91 Å². The van der Waals surface area contributed by atoms with E-state index in [0.717, 1.165) is 146 Å². The number of aliphatic hydroxyl groups excluding tert-OH is 2. The number of nitrogens with zero attached hydrogens (tertiary/aromatic N) is 6. The molecule has 9 amide bonds. The first-order valence-electron chi connectivity index (χ1n) is 43.0. The standard InChI is InChI=1S/C54H66F3IN8O7S.C37H53N7O5S/c1-33-47(74-32-61-33)35-17-15-34(16-18-35)42(63-50(70)43-28-37(67)30-66(43)51(71)48(53(2,3)4)64-52(72)54(31-59)23-24-54)29-44(68)60-25-13-11-9-7-5-6-8-10-12-14-26-73-65-49(69)38-20-21-39(55)45(57)46(38)62-41-22-19-36(58)27-40(41)56;1-24-31(50-23-41-24)26-13-11-25(12-14-26)28(20-30(46)40-18-10-8-6-5-7-9-17-38)42-33(47)29-19-27(45)21-44(29)34(48)32(36(2,3)4)43-35(49)37(22-39)15-16-37/h15-22,27,32,37,42-43,48,62,67H,5-14,23-26,28-30H2,1-4H3,(H,60,68)(H,63,70)(H,64,72)(H,65,69);11-14,23,27-29,32,45H,5-10,15-21,38H2,1-4H3,(H,40,46)(H,42,47)(H,43,49)/t37-,42+,43+,48-;27-,28+,29+,32-/m11/s1. The molecule has 2 aliphatic heterocycles. The summed E-state index contributed by atoms with van der Waals surface area (Å²) in [6, 6.07) is 19.8. The molecule has 0 spiro atoms. The topological polar surface area (TPSA) is 405 Å². The summed E-state index contributed by atoms with van der Waals surface area (Å²) in [7, 11) is 0. The number of aromatic nitrogens is 2. The summed E-state index contributed by atoms with van der Waals surface area (Å²) >= 11 is 4.97. The average molecular weight is 1860 g/mol. The maximum absolute atomic E-state index is 14.7. The van der Waals surface area contributed by atoms with Gasteiger partial charge in [0.15, 0.2) is 11.6 Å². The number of benzene rings is 4. The molecular weight excluding hydrogens is 1740 g/mol. The Hall–Kier alpha value is -9.49. The van der Waals surface area contributed by atoms with Crippen LogP contribution in [0.5, 0.6) is 0 Å². The summed E-state index contributed by atoms with van der Waals surface area (Å²) in [5.41, 5.74) is 11.9. The van der Waals surface area contributed by atoms with Gasteiger partial charge in [0.1, 0.15) is 40.8 Å². The number of β-amino-alcohol motifs (C(OH)–C–C–N with tert-alkyl or cyclic N) is 2. The molecule has 0 radical (unpaired) electrons. The predicted molar refractivity (Wildman–Crippen MR) is 476 cm³/mol. The molecule has 4 aliphatic rings. The Morgan fingerprint density at radius 1 is 0.573 bits per heavy atom. The van der Waals surface area contributed by atoms with Crippen molar-refractivity contribution in [1.29, 1.82) is 10.5 Å². The summed E-state index contributed by atoms with van der Waals surface area (Å²) in [6.07, 6.45) is 15.3. The minimum absolute atomic E-state index is 0.0122. The van der Waals surface area contributed by atoms with E-state index in [1.165, 1.54) is 44.6 Å². The van der Waals surface area contributed by atoms with Crippen LogP contribution in [-0.4, -0.2) is 159 Å². The van der Waals surface area contributed by atoms with Gasteiger partial charge in [0.2, 0.25) is 47.3 Å². The molecule has 8 atom stereocenters. The van der Waals surface area contributed by atoms with E-state index in [4.69, 9.17) is 10.6 Å². The fourth-order valence-corrected chi connectivity index (χ4v) is 17.2. The lowest BCUT2D eigenvalue weighted by molar-refractivity contribution is -0.144. The first-order chi connectivity index (χ1) is 59.1. The lowest BCUT2D eigenvalue weighted by Gasteiger charge is -2.36. The number of nitrogens with two attached hydrogens (primary N) is 1. The summed E-state index contributed by atoms with van der Waals surface area (Å²) in [5, 5.41) is 60.7. The Labute approximate surface area is 746 Å². The highest BCUT2D eigenvalue weighted by atomic mass is 127. The maximum atomic E-state index is 14.7. The number of nitriles is 2. The molecule has 4 fully saturated rings. The maximum Gasteiger partial charge on any atom is 0.277 e. The number of carbonyl (C=O) groups is 9. The fourth-order valence-electron chi connectivity index (χ4n) is 15.2. The Kier molecular flexibility index (Phi) is 36.6. The van der Waals surface area contributed by atoms with Gasteiger partial charge in [0.05, 0.1) is 105 Å². The number of nitrogens with one attached hydrogen (secondary N) is 8. The number of aliphatic hydroxyl groups is 2. The van der Waals surface area contributed by atoms with Crippen molar-refractivity contribution in [3.8, 4) is 33.0 Å². The molecule has 10 rings (SSSR count). The number of amides is 9. The van der Waals surface area contributed by atoms with E-state index in [0.29, 0.717) is 60.9 Å². The Balaban J connectivity index is 0.000000303. The van der Waals surface area contributed by atoms with Crippen LogP contribution in [0.3, 0.4) is 0 Å². The van der Waals surface area contributed by atoms with Gasteiger partial charge >= 0.3 is 0 Å². The molecule has 0 unspecified atom stereocenters. The molecular formula is C91H119F3IN15O12S2. The zero-order valence-electron chi connectivity index (χ0n) is 72.1. The molecule has 670 valence electrons. The molecule has 4 heterocycles. The van der Waals surface area contributed by atoms with Crippen molar-refractivity contribution < 1.29 is 71.4 Å². The monoisotopic (exact) mass is 1860 g/mol. The van der Waals surface area contributed by atoms with Gasteiger partial charge in [-0.15, -0.1) is 22.7 Å². The summed E-state index contributed by atoms with van der Waals surface area (Å²) in [5.74, 6) is -7.55. The Morgan fingerprint density at radius 3 is 1.36 bits per heavy atom. The van der Waals surface area contributed by atoms with Crippen molar-refractivity contribution in [2.75, 3.05) is 44.6 Å². The van der Waals surface area contributed by atoms with Gasteiger partial charge in [0, 0.05) is 42.6 Å². The highest BCUT2D eigenvalue weighted by molar-refractivity contribution is 14.1. The lowest BCUT2D eigenvalue weighted by atomic mass is 9.85. The van der Waals surface area contributed by atoms with Crippen molar-refractivity contribution in [1.82, 2.24) is 57.1 Å². The first-order valence-corrected chi connectivity index (χ1v) is 45.8. The second-order valence-electron chi connectivity index (χ2n) is 35.0. The Morgan fingerprint density at radius 2 is 0.984 bits per heavy atom. The van der Waals surface area contributed by atoms with Crippen LogP contribution in [0.15, 0.2) is 89.9 Å². The number of hydrogen-bond acceptors (Lipinski definition) is 20. The highest BCUT2D eigenvalue weighted by Gasteiger charge is 2.55. The van der Waals surface area contributed by atoms with E-state index in [1.807, 2.05) is 85.0 Å².